The van der Waals surface area contributed by atoms with E-state index < -0.39 is 0 Å². The summed E-state index contributed by atoms with van der Waals surface area (Å²) in [6.07, 6.45) is 3.93. The predicted molar refractivity (Wildman–Crippen MR) is 247 cm³/mol. The molecule has 0 unspecified atom stereocenters. The van der Waals surface area contributed by atoms with Gasteiger partial charge in [-0.15, -0.1) is 0 Å². The molecule has 0 atom stereocenters. The summed E-state index contributed by atoms with van der Waals surface area (Å²) < 4.78 is 7.39. The Kier molecular flexibility index (Phi) is 9.49. The van der Waals surface area contributed by atoms with Crippen molar-refractivity contribution in [3.05, 3.63) is 178 Å². The second-order valence-corrected chi connectivity index (χ2v) is 17.3. The van der Waals surface area contributed by atoms with Crippen LogP contribution < -0.4 is 0 Å². The van der Waals surface area contributed by atoms with Gasteiger partial charge in [0, 0.05) is 44.3 Å². The smallest absolute Gasteiger partial charge is 0.144 e. The number of para-hydroxylation sites is 2. The number of fused-ring (bicyclic) bond motifs is 3. The van der Waals surface area contributed by atoms with Crippen molar-refractivity contribution in [2.24, 2.45) is 0 Å². The molecule has 6 aromatic carbocycles. The van der Waals surface area contributed by atoms with Crippen LogP contribution in [0.3, 0.4) is 0 Å². The van der Waals surface area contributed by atoms with Gasteiger partial charge < -0.3 is 4.42 Å². The van der Waals surface area contributed by atoms with Crippen molar-refractivity contribution >= 4 is 37.9 Å². The lowest BCUT2D eigenvalue weighted by atomic mass is 9.80. The van der Waals surface area contributed by atoms with Crippen molar-refractivity contribution in [1.29, 1.82) is 0 Å². The number of pyridine rings is 2. The summed E-state index contributed by atoms with van der Waals surface area (Å²) in [7, 11) is 0. The number of hydrogen-bond acceptors (Lipinski definition) is 3. The van der Waals surface area contributed by atoms with Crippen LogP contribution >= 0.6 is 15.9 Å². The Balaban J connectivity index is 1.09. The Hall–Kier alpha value is -6.10. The lowest BCUT2D eigenvalue weighted by Gasteiger charge is -2.24. The van der Waals surface area contributed by atoms with Crippen molar-refractivity contribution in [3.63, 3.8) is 0 Å². The van der Waals surface area contributed by atoms with E-state index in [1.165, 1.54) is 55.6 Å². The molecule has 0 amide bonds. The van der Waals surface area contributed by atoms with Crippen LogP contribution in [-0.2, 0) is 5.41 Å². The average Bonchev–Trinajstić information content (AvgIpc) is 3.63. The van der Waals surface area contributed by atoms with Gasteiger partial charge in [0.1, 0.15) is 11.2 Å². The van der Waals surface area contributed by atoms with E-state index in [4.69, 9.17) is 14.4 Å². The highest BCUT2D eigenvalue weighted by molar-refractivity contribution is 9.10. The van der Waals surface area contributed by atoms with E-state index in [-0.39, 0.29) is 5.41 Å². The van der Waals surface area contributed by atoms with Crippen LogP contribution in [-0.4, -0.2) is 9.97 Å². The van der Waals surface area contributed by atoms with Crippen LogP contribution in [0.15, 0.2) is 155 Å². The van der Waals surface area contributed by atoms with Crippen LogP contribution in [0.25, 0.3) is 89.0 Å². The lowest BCUT2D eigenvalue weighted by Crippen LogP contribution is -2.11. The van der Waals surface area contributed by atoms with Crippen molar-refractivity contribution in [2.45, 2.75) is 53.9 Å². The van der Waals surface area contributed by atoms with Gasteiger partial charge in [-0.1, -0.05) is 134 Å². The highest BCUT2D eigenvalue weighted by atomic mass is 79.9. The molecule has 0 aliphatic heterocycles. The molecule has 58 heavy (non-hydrogen) atoms. The fraction of sp³-hybridized carbons (Fsp3) is 0.148. The zero-order valence-corrected chi connectivity index (χ0v) is 35.6. The molecule has 3 aromatic heterocycles. The third kappa shape index (κ3) is 6.46. The molecule has 0 N–H and O–H groups in total. The molecule has 3 nitrogen and oxygen atoms in total. The summed E-state index contributed by atoms with van der Waals surface area (Å²) in [5, 5.41) is 2.22. The van der Waals surface area contributed by atoms with Crippen molar-refractivity contribution in [1.82, 2.24) is 9.97 Å². The van der Waals surface area contributed by atoms with E-state index in [1.54, 1.807) is 0 Å². The second-order valence-electron chi connectivity index (χ2n) is 16.4. The Morgan fingerprint density at radius 2 is 1.07 bits per heavy atom. The van der Waals surface area contributed by atoms with Crippen LogP contribution in [0.5, 0.6) is 0 Å². The van der Waals surface area contributed by atoms with E-state index in [0.29, 0.717) is 0 Å². The minimum absolute atomic E-state index is 0.0493. The summed E-state index contributed by atoms with van der Waals surface area (Å²) in [6.45, 7) is 15.8. The molecule has 0 spiro atoms. The summed E-state index contributed by atoms with van der Waals surface area (Å²) in [5.74, 6) is 0. The molecule has 284 valence electrons. The van der Waals surface area contributed by atoms with Gasteiger partial charge >= 0.3 is 0 Å². The maximum atomic E-state index is 6.35. The van der Waals surface area contributed by atoms with Gasteiger partial charge in [-0.05, 0) is 136 Å². The minimum atomic E-state index is 0.0493. The predicted octanol–water partition coefficient (Wildman–Crippen LogP) is 15.7. The van der Waals surface area contributed by atoms with Crippen LogP contribution in [0.1, 0.15) is 48.6 Å². The molecule has 0 saturated heterocycles. The first-order chi connectivity index (χ1) is 28.0. The molecule has 0 saturated carbocycles. The maximum absolute atomic E-state index is 6.35. The van der Waals surface area contributed by atoms with E-state index in [0.717, 1.165) is 65.6 Å². The fourth-order valence-corrected chi connectivity index (χ4v) is 9.21. The molecule has 0 radical (unpaired) electrons. The highest BCUT2D eigenvalue weighted by Crippen LogP contribution is 2.46. The topological polar surface area (TPSA) is 38.9 Å². The third-order valence-corrected chi connectivity index (χ3v) is 12.6. The number of hydrogen-bond donors (Lipinski definition) is 0. The molecule has 0 fully saturated rings. The molecule has 9 aromatic rings. The van der Waals surface area contributed by atoms with Gasteiger partial charge in [-0.25, -0.2) is 0 Å². The Morgan fingerprint density at radius 3 is 1.72 bits per heavy atom. The van der Waals surface area contributed by atoms with Crippen LogP contribution in [0, 0.1) is 27.7 Å². The number of nitrogens with zero attached hydrogens (tertiary/aromatic N) is 2. The lowest BCUT2D eigenvalue weighted by molar-refractivity contribution is 0.589. The zero-order chi connectivity index (χ0) is 40.3. The molecular formula is C54H45BrN2O. The molecule has 3 heterocycles. The van der Waals surface area contributed by atoms with Gasteiger partial charge in [0.15, 0.2) is 0 Å². The van der Waals surface area contributed by atoms with Gasteiger partial charge in [0.25, 0.3) is 0 Å². The highest BCUT2D eigenvalue weighted by Gasteiger charge is 2.23. The number of halogens is 1. The molecule has 0 bridgehead atoms. The van der Waals surface area contributed by atoms with Crippen molar-refractivity contribution in [2.75, 3.05) is 0 Å². The minimum Gasteiger partial charge on any atom is -0.455 e. The first-order valence-corrected chi connectivity index (χ1v) is 20.7. The van der Waals surface area contributed by atoms with Crippen LogP contribution in [0.2, 0.25) is 0 Å². The molecule has 0 aliphatic rings. The quantitative estimate of drug-likeness (QED) is 0.168. The Morgan fingerprint density at radius 1 is 0.483 bits per heavy atom. The maximum Gasteiger partial charge on any atom is 0.144 e. The SMILES string of the molecule is Cc1c(C)c(-c2ccccc2-c2ccc(-c3cc(C(C)(C)C)ccn3)cc2Br)c(C)c(C)c1-c1ccccc1-c1ccc(-c2cccc3c2oc2ccccc23)nc1. The molecule has 9 rings (SSSR count). The van der Waals surface area contributed by atoms with Gasteiger partial charge in [0.05, 0.1) is 11.4 Å². The largest absolute Gasteiger partial charge is 0.455 e. The molecular weight excluding hydrogens is 773 g/mol. The average molecular weight is 818 g/mol. The van der Waals surface area contributed by atoms with Crippen molar-refractivity contribution < 1.29 is 4.42 Å². The summed E-state index contributed by atoms with van der Waals surface area (Å²) >= 11 is 3.98. The first kappa shape index (κ1) is 37.5. The summed E-state index contributed by atoms with van der Waals surface area (Å²) in [6, 6.07) is 47.3. The standard InChI is InChI=1S/C54H45BrN2O/c1-32-34(3)52(44-19-11-9-16-40(44)41-25-23-36(29-47(41)55)49-30-38(27-28-56-49)54(5,6)7)35(4)33(2)51(32)43-18-10-8-15-39(43)37-24-26-48(57-31-37)46-21-14-20-45-42-17-12-13-22-50(42)58-53(45)46/h8-31H,1-7H3. The van der Waals surface area contributed by atoms with Crippen LogP contribution in [0.4, 0.5) is 0 Å². The second kappa shape index (κ2) is 14.7. The number of furan rings is 1. The molecule has 0 aliphatic carbocycles. The van der Waals surface area contributed by atoms with Gasteiger partial charge in [-0.2, -0.15) is 0 Å². The number of benzene rings is 6. The first-order valence-electron chi connectivity index (χ1n) is 19.9. The van der Waals surface area contributed by atoms with Crippen molar-refractivity contribution in [3.8, 4) is 67.0 Å². The summed E-state index contributed by atoms with van der Waals surface area (Å²) in [5.41, 5.74) is 21.7. The monoisotopic (exact) mass is 816 g/mol. The van der Waals surface area contributed by atoms with E-state index in [1.807, 2.05) is 24.5 Å². The third-order valence-electron chi connectivity index (χ3n) is 12.0. The Bertz CT molecular complexity index is 3010. The van der Waals surface area contributed by atoms with Gasteiger partial charge in [0.2, 0.25) is 0 Å². The zero-order valence-electron chi connectivity index (χ0n) is 34.0. The van der Waals surface area contributed by atoms with E-state index in [9.17, 15) is 0 Å². The van der Waals surface area contributed by atoms with Gasteiger partial charge in [-0.3, -0.25) is 9.97 Å². The Labute approximate surface area is 349 Å². The summed E-state index contributed by atoms with van der Waals surface area (Å²) in [4.78, 5) is 9.77. The number of rotatable bonds is 6. The van der Waals surface area contributed by atoms with E-state index >= 15 is 0 Å². The van der Waals surface area contributed by atoms with E-state index in [2.05, 4.69) is 186 Å². The molecule has 4 heteroatoms. The normalized spacial score (nSPS) is 11.8. The number of aromatic nitrogens is 2. The fourth-order valence-electron chi connectivity index (χ4n) is 8.62.